The zero-order chi connectivity index (χ0) is 32.9. The lowest BCUT2D eigenvalue weighted by atomic mass is 9.84. The second-order valence-corrected chi connectivity index (χ2v) is 16.0. The van der Waals surface area contributed by atoms with Gasteiger partial charge < -0.3 is 23.8 Å². The second kappa shape index (κ2) is 17.4. The Morgan fingerprint density at radius 3 is 2.27 bits per heavy atom. The SMILES string of the molecule is CCCC(CCCc1ccc(Sc2cccc(OCc3ccccc3)c2)cc1Cl)(CCP(=O)(OC)OC)NC(=O)OC(C)(C)C. The van der Waals surface area contributed by atoms with E-state index in [1.807, 2.05) is 75.4 Å². The number of aryl methyl sites for hydroxylation is 1. The molecule has 7 nitrogen and oxygen atoms in total. The number of carbonyl (C=O) groups excluding carboxylic acids is 1. The van der Waals surface area contributed by atoms with E-state index in [-0.39, 0.29) is 6.16 Å². The number of ether oxygens (including phenoxy) is 2. The van der Waals surface area contributed by atoms with Gasteiger partial charge in [-0.15, -0.1) is 0 Å². The molecule has 3 aromatic carbocycles. The zero-order valence-corrected chi connectivity index (χ0v) is 29.7. The molecule has 246 valence electrons. The van der Waals surface area contributed by atoms with Crippen molar-refractivity contribution in [2.45, 2.75) is 93.8 Å². The van der Waals surface area contributed by atoms with Gasteiger partial charge in [-0.25, -0.2) is 4.79 Å². The summed E-state index contributed by atoms with van der Waals surface area (Å²) in [6, 6.07) is 24.3. The van der Waals surface area contributed by atoms with Gasteiger partial charge in [-0.2, -0.15) is 0 Å². The van der Waals surface area contributed by atoms with E-state index in [1.165, 1.54) is 14.2 Å². The van der Waals surface area contributed by atoms with Gasteiger partial charge >= 0.3 is 13.7 Å². The van der Waals surface area contributed by atoms with Crippen molar-refractivity contribution in [1.29, 1.82) is 0 Å². The molecular formula is C35H47ClNO6PS. The number of hydrogen-bond acceptors (Lipinski definition) is 7. The number of amides is 1. The minimum Gasteiger partial charge on any atom is -0.489 e. The highest BCUT2D eigenvalue weighted by atomic mass is 35.5. The Morgan fingerprint density at radius 1 is 0.911 bits per heavy atom. The van der Waals surface area contributed by atoms with Crippen LogP contribution >= 0.6 is 31.0 Å². The normalized spacial score (nSPS) is 13.2. The first kappa shape index (κ1) is 37.0. The fraction of sp³-hybridized carbons (Fsp3) is 0.457. The van der Waals surface area contributed by atoms with Gasteiger partial charge in [-0.3, -0.25) is 4.57 Å². The number of alkyl carbamates (subject to hydrolysis) is 1. The van der Waals surface area contributed by atoms with Gasteiger partial charge in [0.1, 0.15) is 18.0 Å². The summed E-state index contributed by atoms with van der Waals surface area (Å²) in [7, 11) is -0.498. The van der Waals surface area contributed by atoms with E-state index in [0.717, 1.165) is 45.9 Å². The van der Waals surface area contributed by atoms with Crippen LogP contribution < -0.4 is 10.1 Å². The lowest BCUT2D eigenvalue weighted by Crippen LogP contribution is -2.50. The Hall–Kier alpha value is -2.48. The van der Waals surface area contributed by atoms with Crippen LogP contribution in [-0.4, -0.2) is 37.6 Å². The van der Waals surface area contributed by atoms with E-state index in [2.05, 4.69) is 30.4 Å². The van der Waals surface area contributed by atoms with E-state index in [1.54, 1.807) is 11.8 Å². The molecule has 10 heteroatoms. The molecule has 0 aliphatic rings. The van der Waals surface area contributed by atoms with Crippen LogP contribution in [0, 0.1) is 0 Å². The molecule has 1 atom stereocenters. The van der Waals surface area contributed by atoms with Crippen LogP contribution in [0.4, 0.5) is 4.79 Å². The van der Waals surface area contributed by atoms with E-state index in [0.29, 0.717) is 30.9 Å². The molecule has 1 amide bonds. The molecule has 0 fully saturated rings. The van der Waals surface area contributed by atoms with Crippen LogP contribution in [0.15, 0.2) is 82.6 Å². The molecule has 0 saturated heterocycles. The van der Waals surface area contributed by atoms with Crippen molar-refractivity contribution < 1.29 is 27.9 Å². The predicted octanol–water partition coefficient (Wildman–Crippen LogP) is 10.3. The molecule has 1 unspecified atom stereocenters. The average Bonchev–Trinajstić information content (AvgIpc) is 3.00. The third-order valence-electron chi connectivity index (χ3n) is 7.33. The van der Waals surface area contributed by atoms with Crippen molar-refractivity contribution in [3.63, 3.8) is 0 Å². The van der Waals surface area contributed by atoms with Crippen molar-refractivity contribution in [3.8, 4) is 5.75 Å². The smallest absolute Gasteiger partial charge is 0.408 e. The van der Waals surface area contributed by atoms with E-state index < -0.39 is 24.8 Å². The maximum Gasteiger partial charge on any atom is 0.408 e. The Kier molecular flexibility index (Phi) is 14.3. The summed E-state index contributed by atoms with van der Waals surface area (Å²) in [5.74, 6) is 0.814. The highest BCUT2D eigenvalue weighted by Gasteiger charge is 2.36. The van der Waals surface area contributed by atoms with Crippen LogP contribution in [0.5, 0.6) is 5.75 Å². The van der Waals surface area contributed by atoms with Crippen molar-refractivity contribution in [2.75, 3.05) is 20.4 Å². The standard InChI is InChI=1S/C35H47ClNO6PS/c1-7-20-35(22-23-44(39,40-5)41-6,37-33(38)43-34(2,3)4)21-12-15-28-18-19-31(25-32(28)36)45-30-17-11-16-29(24-30)42-26-27-13-9-8-10-14-27/h8-11,13-14,16-19,24-25H,7,12,15,20-23,26H2,1-6H3,(H,37,38). The highest BCUT2D eigenvalue weighted by molar-refractivity contribution is 7.99. The molecule has 45 heavy (non-hydrogen) atoms. The highest BCUT2D eigenvalue weighted by Crippen LogP contribution is 2.48. The minimum absolute atomic E-state index is 0.182. The Bertz CT molecular complexity index is 1410. The Balaban J connectivity index is 1.66. The average molecular weight is 676 g/mol. The Labute approximate surface area is 278 Å². The molecular weight excluding hydrogens is 629 g/mol. The molecule has 3 rings (SSSR count). The molecule has 0 bridgehead atoms. The summed E-state index contributed by atoms with van der Waals surface area (Å²) in [5.41, 5.74) is 0.873. The molecule has 1 N–H and O–H groups in total. The third-order valence-corrected chi connectivity index (χ3v) is 10.5. The number of hydrogen-bond donors (Lipinski definition) is 1. The molecule has 0 spiro atoms. The van der Waals surface area contributed by atoms with E-state index >= 15 is 0 Å². The maximum atomic E-state index is 12.9. The van der Waals surface area contributed by atoms with Crippen LogP contribution in [-0.2, 0) is 31.4 Å². The van der Waals surface area contributed by atoms with Crippen LogP contribution in [0.25, 0.3) is 0 Å². The summed E-state index contributed by atoms with van der Waals surface area (Å²) < 4.78 is 34.9. The van der Waals surface area contributed by atoms with Crippen molar-refractivity contribution in [2.24, 2.45) is 0 Å². The molecule has 0 aromatic heterocycles. The molecule has 3 aromatic rings. The fourth-order valence-corrected chi connectivity index (χ4v) is 7.55. The van der Waals surface area contributed by atoms with Crippen molar-refractivity contribution in [3.05, 3.63) is 88.9 Å². The first-order chi connectivity index (χ1) is 21.4. The molecule has 0 heterocycles. The maximum absolute atomic E-state index is 12.9. The van der Waals surface area contributed by atoms with Crippen LogP contribution in [0.2, 0.25) is 5.02 Å². The van der Waals surface area contributed by atoms with E-state index in [4.69, 9.17) is 30.1 Å². The largest absolute Gasteiger partial charge is 0.489 e. The van der Waals surface area contributed by atoms with Gasteiger partial charge in [0, 0.05) is 34.6 Å². The quantitative estimate of drug-likeness (QED) is 0.143. The van der Waals surface area contributed by atoms with Gasteiger partial charge in [-0.1, -0.05) is 79.2 Å². The summed E-state index contributed by atoms with van der Waals surface area (Å²) >= 11 is 8.40. The number of benzene rings is 3. The lowest BCUT2D eigenvalue weighted by molar-refractivity contribution is 0.0433. The molecule has 0 saturated carbocycles. The number of carbonyl (C=O) groups is 1. The van der Waals surface area contributed by atoms with Gasteiger partial charge in [-0.05, 0) is 94.3 Å². The molecule has 0 aliphatic carbocycles. The minimum atomic E-state index is -3.26. The van der Waals surface area contributed by atoms with E-state index in [9.17, 15) is 9.36 Å². The number of nitrogens with one attached hydrogen (secondary N) is 1. The fourth-order valence-electron chi connectivity index (χ4n) is 5.09. The van der Waals surface area contributed by atoms with Crippen LogP contribution in [0.3, 0.4) is 0 Å². The summed E-state index contributed by atoms with van der Waals surface area (Å²) in [6.45, 7) is 8.08. The predicted molar refractivity (Wildman–Crippen MR) is 184 cm³/mol. The lowest BCUT2D eigenvalue weighted by Gasteiger charge is -2.36. The van der Waals surface area contributed by atoms with Crippen LogP contribution in [0.1, 0.15) is 70.9 Å². The molecule has 0 aliphatic heterocycles. The topological polar surface area (TPSA) is 83.1 Å². The van der Waals surface area contributed by atoms with Gasteiger partial charge in [0.2, 0.25) is 0 Å². The molecule has 0 radical (unpaired) electrons. The summed E-state index contributed by atoms with van der Waals surface area (Å²) in [4.78, 5) is 15.0. The van der Waals surface area contributed by atoms with Crippen molar-refractivity contribution >= 4 is 37.1 Å². The van der Waals surface area contributed by atoms with Gasteiger partial charge in [0.05, 0.1) is 6.16 Å². The monoisotopic (exact) mass is 675 g/mol. The third kappa shape index (κ3) is 12.7. The van der Waals surface area contributed by atoms with Crippen molar-refractivity contribution in [1.82, 2.24) is 5.32 Å². The van der Waals surface area contributed by atoms with Gasteiger partial charge in [0.25, 0.3) is 0 Å². The number of rotatable bonds is 17. The second-order valence-electron chi connectivity index (χ2n) is 12.1. The van der Waals surface area contributed by atoms with Gasteiger partial charge in [0.15, 0.2) is 0 Å². The number of halogens is 1. The summed E-state index contributed by atoms with van der Waals surface area (Å²) in [6.07, 6.45) is 3.76. The summed E-state index contributed by atoms with van der Waals surface area (Å²) in [5, 5.41) is 3.82. The Morgan fingerprint density at radius 2 is 1.62 bits per heavy atom. The first-order valence-corrected chi connectivity index (χ1v) is 18.3. The first-order valence-electron chi connectivity index (χ1n) is 15.3. The zero-order valence-electron chi connectivity index (χ0n) is 27.3.